The molecule has 0 heterocycles. The van der Waals surface area contributed by atoms with Crippen molar-refractivity contribution in [2.24, 2.45) is 5.92 Å². The van der Waals surface area contributed by atoms with Gasteiger partial charge < -0.3 is 10.2 Å². The number of ketones is 2. The van der Waals surface area contributed by atoms with E-state index in [-0.39, 0.29) is 53.0 Å². The summed E-state index contributed by atoms with van der Waals surface area (Å²) in [5.41, 5.74) is 0.536. The Bertz CT molecular complexity index is 631. The second-order valence-electron chi connectivity index (χ2n) is 5.39. The monoisotopic (exact) mass is 298 g/mol. The zero-order valence-electron chi connectivity index (χ0n) is 12.3. The number of hydrogen-bond donors (Lipinski definition) is 2. The number of benzene rings is 2. The minimum absolute atomic E-state index is 0.0493. The Morgan fingerprint density at radius 1 is 0.818 bits per heavy atom. The summed E-state index contributed by atoms with van der Waals surface area (Å²) in [5.74, 6) is -0.677. The second kappa shape index (κ2) is 6.89. The first-order valence-electron chi connectivity index (χ1n) is 7.11. The largest absolute Gasteiger partial charge is 0.507 e. The second-order valence-corrected chi connectivity index (χ2v) is 5.39. The molecule has 0 aliphatic rings. The highest BCUT2D eigenvalue weighted by atomic mass is 16.3. The third kappa shape index (κ3) is 3.73. The Balaban J connectivity index is 2.00. The van der Waals surface area contributed by atoms with E-state index in [4.69, 9.17) is 0 Å². The fraction of sp³-hybridized carbons (Fsp3) is 0.222. The fourth-order valence-corrected chi connectivity index (χ4v) is 2.34. The molecule has 0 saturated carbocycles. The molecule has 2 N–H and O–H groups in total. The molecule has 0 aliphatic heterocycles. The van der Waals surface area contributed by atoms with Crippen LogP contribution in [0.2, 0.25) is 0 Å². The van der Waals surface area contributed by atoms with Gasteiger partial charge in [-0.3, -0.25) is 9.59 Å². The lowest BCUT2D eigenvalue weighted by atomic mass is 9.93. The maximum atomic E-state index is 12.1. The normalized spacial score (nSPS) is 10.6. The van der Waals surface area contributed by atoms with Crippen molar-refractivity contribution >= 4 is 11.6 Å². The van der Waals surface area contributed by atoms with Crippen LogP contribution in [0.1, 0.15) is 40.5 Å². The molecule has 0 saturated heterocycles. The quantitative estimate of drug-likeness (QED) is 0.799. The molecule has 0 atom stereocenters. The summed E-state index contributed by atoms with van der Waals surface area (Å²) in [5, 5.41) is 19.3. The SMILES string of the molecule is CC(CC(=O)c1ccccc1O)CC(=O)c1ccccc1O. The van der Waals surface area contributed by atoms with Crippen molar-refractivity contribution in [1.29, 1.82) is 0 Å². The topological polar surface area (TPSA) is 74.6 Å². The molecule has 22 heavy (non-hydrogen) atoms. The van der Waals surface area contributed by atoms with Gasteiger partial charge in [-0.2, -0.15) is 0 Å². The molecule has 0 amide bonds. The van der Waals surface area contributed by atoms with Crippen LogP contribution in [-0.4, -0.2) is 21.8 Å². The van der Waals surface area contributed by atoms with E-state index in [0.29, 0.717) is 0 Å². The first-order valence-corrected chi connectivity index (χ1v) is 7.11. The van der Waals surface area contributed by atoms with Crippen molar-refractivity contribution in [2.45, 2.75) is 19.8 Å². The highest BCUT2D eigenvalue weighted by Crippen LogP contribution is 2.23. The Kier molecular flexibility index (Phi) is 4.94. The van der Waals surface area contributed by atoms with Gasteiger partial charge in [0.15, 0.2) is 11.6 Å². The summed E-state index contributed by atoms with van der Waals surface area (Å²) in [6, 6.07) is 12.7. The maximum Gasteiger partial charge on any atom is 0.166 e. The van der Waals surface area contributed by atoms with Gasteiger partial charge in [-0.15, -0.1) is 0 Å². The average Bonchev–Trinajstić information content (AvgIpc) is 2.47. The van der Waals surface area contributed by atoms with E-state index >= 15 is 0 Å². The van der Waals surface area contributed by atoms with Gasteiger partial charge in [0.2, 0.25) is 0 Å². The van der Waals surface area contributed by atoms with Crippen molar-refractivity contribution in [3.8, 4) is 11.5 Å². The Labute approximate surface area is 129 Å². The summed E-state index contributed by atoms with van der Waals surface area (Å²) < 4.78 is 0. The molecule has 114 valence electrons. The number of phenols is 2. The zero-order valence-corrected chi connectivity index (χ0v) is 12.3. The number of carbonyl (C=O) groups is 2. The highest BCUT2D eigenvalue weighted by molar-refractivity contribution is 6.00. The molecule has 0 fully saturated rings. The van der Waals surface area contributed by atoms with E-state index in [0.717, 1.165) is 0 Å². The summed E-state index contributed by atoms with van der Waals surface area (Å²) in [6.45, 7) is 1.80. The van der Waals surface area contributed by atoms with Crippen LogP contribution in [0.4, 0.5) is 0 Å². The molecule has 0 spiro atoms. The molecule has 4 nitrogen and oxygen atoms in total. The first-order chi connectivity index (χ1) is 10.5. The predicted molar refractivity (Wildman–Crippen MR) is 83.3 cm³/mol. The Morgan fingerprint density at radius 3 is 1.55 bits per heavy atom. The number of aromatic hydroxyl groups is 2. The lowest BCUT2D eigenvalue weighted by Crippen LogP contribution is -2.11. The standard InChI is InChI=1S/C18H18O4/c1-12(10-17(21)13-6-2-4-8-15(13)19)11-18(22)14-7-3-5-9-16(14)20/h2-9,12,19-20H,10-11H2,1H3. The van der Waals surface area contributed by atoms with E-state index in [1.54, 1.807) is 43.3 Å². The van der Waals surface area contributed by atoms with Crippen LogP contribution in [0.3, 0.4) is 0 Å². The van der Waals surface area contributed by atoms with Gasteiger partial charge in [0.05, 0.1) is 11.1 Å². The van der Waals surface area contributed by atoms with Crippen molar-refractivity contribution in [2.75, 3.05) is 0 Å². The lowest BCUT2D eigenvalue weighted by Gasteiger charge is -2.11. The molecule has 0 aliphatic carbocycles. The fourth-order valence-electron chi connectivity index (χ4n) is 2.34. The van der Waals surface area contributed by atoms with Crippen LogP contribution in [0.25, 0.3) is 0 Å². The van der Waals surface area contributed by atoms with Crippen LogP contribution < -0.4 is 0 Å². The van der Waals surface area contributed by atoms with Gasteiger partial charge in [-0.05, 0) is 30.2 Å². The van der Waals surface area contributed by atoms with E-state index in [9.17, 15) is 19.8 Å². The molecular weight excluding hydrogens is 280 g/mol. The molecule has 4 heteroatoms. The van der Waals surface area contributed by atoms with Gasteiger partial charge in [0.25, 0.3) is 0 Å². The minimum atomic E-state index is -0.198. The number of carbonyl (C=O) groups excluding carboxylic acids is 2. The molecule has 0 radical (unpaired) electrons. The first kappa shape index (κ1) is 15.8. The van der Waals surface area contributed by atoms with Crippen molar-refractivity contribution < 1.29 is 19.8 Å². The number of Topliss-reactive ketones (excluding diaryl/α,β-unsaturated/α-hetero) is 2. The molecular formula is C18H18O4. The van der Waals surface area contributed by atoms with Crippen molar-refractivity contribution in [1.82, 2.24) is 0 Å². The van der Waals surface area contributed by atoms with E-state index < -0.39 is 0 Å². The van der Waals surface area contributed by atoms with Gasteiger partial charge in [0, 0.05) is 12.8 Å². The van der Waals surface area contributed by atoms with Gasteiger partial charge >= 0.3 is 0 Å². The molecule has 2 aromatic rings. The zero-order chi connectivity index (χ0) is 16.1. The molecule has 2 rings (SSSR count). The number of rotatable bonds is 6. The predicted octanol–water partition coefficient (Wildman–Crippen LogP) is 3.58. The van der Waals surface area contributed by atoms with Gasteiger partial charge in [-0.25, -0.2) is 0 Å². The van der Waals surface area contributed by atoms with Gasteiger partial charge in [-0.1, -0.05) is 31.2 Å². The number of hydrogen-bond acceptors (Lipinski definition) is 4. The molecule has 0 aromatic heterocycles. The summed E-state index contributed by atoms with van der Waals surface area (Å²) in [4.78, 5) is 24.3. The Morgan fingerprint density at radius 2 is 1.18 bits per heavy atom. The lowest BCUT2D eigenvalue weighted by molar-refractivity contribution is 0.0926. The van der Waals surface area contributed by atoms with Crippen LogP contribution in [0.15, 0.2) is 48.5 Å². The van der Waals surface area contributed by atoms with Crippen molar-refractivity contribution in [3.05, 3.63) is 59.7 Å². The smallest absolute Gasteiger partial charge is 0.166 e. The van der Waals surface area contributed by atoms with Gasteiger partial charge in [0.1, 0.15) is 11.5 Å². The van der Waals surface area contributed by atoms with Crippen LogP contribution in [0, 0.1) is 5.92 Å². The molecule has 0 unspecified atom stereocenters. The van der Waals surface area contributed by atoms with Crippen LogP contribution in [0.5, 0.6) is 11.5 Å². The molecule has 0 bridgehead atoms. The van der Waals surface area contributed by atoms with E-state index in [2.05, 4.69) is 0 Å². The third-order valence-electron chi connectivity index (χ3n) is 3.48. The number of para-hydroxylation sites is 2. The number of phenolic OH excluding ortho intramolecular Hbond substituents is 2. The van der Waals surface area contributed by atoms with Crippen LogP contribution in [-0.2, 0) is 0 Å². The molecule has 2 aromatic carbocycles. The highest BCUT2D eigenvalue weighted by Gasteiger charge is 2.18. The van der Waals surface area contributed by atoms with E-state index in [1.165, 1.54) is 12.1 Å². The summed E-state index contributed by atoms with van der Waals surface area (Å²) in [6.07, 6.45) is 0.327. The minimum Gasteiger partial charge on any atom is -0.507 e. The maximum absolute atomic E-state index is 12.1. The Hall–Kier alpha value is -2.62. The van der Waals surface area contributed by atoms with Crippen LogP contribution >= 0.6 is 0 Å². The summed E-state index contributed by atoms with van der Waals surface area (Å²) >= 11 is 0. The van der Waals surface area contributed by atoms with Crippen molar-refractivity contribution in [3.63, 3.8) is 0 Å². The third-order valence-corrected chi connectivity index (χ3v) is 3.48. The average molecular weight is 298 g/mol. The van der Waals surface area contributed by atoms with E-state index in [1.807, 2.05) is 0 Å². The summed E-state index contributed by atoms with van der Waals surface area (Å²) in [7, 11) is 0.